The van der Waals surface area contributed by atoms with Crippen LogP contribution in [-0.2, 0) is 13.0 Å². The lowest BCUT2D eigenvalue weighted by Gasteiger charge is -2.37. The molecule has 2 N–H and O–H groups in total. The van der Waals surface area contributed by atoms with E-state index in [9.17, 15) is 10.4 Å². The third kappa shape index (κ3) is 4.94. The number of fused-ring (bicyclic) bond motifs is 2. The number of benzene rings is 2. The fraction of sp³-hybridized carbons (Fsp3) is 0.483. The molecule has 0 bridgehead atoms. The lowest BCUT2D eigenvalue weighted by Crippen LogP contribution is -2.51. The Balaban J connectivity index is 1.33. The highest BCUT2D eigenvalue weighted by Gasteiger charge is 2.30. The fourth-order valence-electron chi connectivity index (χ4n) is 6.08. The minimum Gasteiger partial charge on any atom is -0.508 e. The second kappa shape index (κ2) is 10.6. The summed E-state index contributed by atoms with van der Waals surface area (Å²) >= 11 is 0. The smallest absolute Gasteiger partial charge is 0.318 e. The van der Waals surface area contributed by atoms with Gasteiger partial charge in [0.25, 0.3) is 0 Å². The van der Waals surface area contributed by atoms with Crippen molar-refractivity contribution in [3.8, 4) is 17.8 Å². The summed E-state index contributed by atoms with van der Waals surface area (Å²) in [6.07, 6.45) is 3.58. The second-order valence-corrected chi connectivity index (χ2v) is 10.7. The number of aromatic nitrogens is 2. The van der Waals surface area contributed by atoms with Gasteiger partial charge in [-0.3, -0.25) is 0 Å². The molecular formula is C29H35N7O2. The molecule has 3 aromatic rings. The van der Waals surface area contributed by atoms with Crippen molar-refractivity contribution in [2.24, 2.45) is 0 Å². The van der Waals surface area contributed by atoms with Crippen LogP contribution in [0.2, 0.25) is 0 Å². The number of hydrogen-bond donors (Lipinski definition) is 2. The molecule has 6 rings (SSSR count). The maximum absolute atomic E-state index is 10.4. The fourth-order valence-corrected chi connectivity index (χ4v) is 6.08. The number of nitrogens with one attached hydrogen (secondary N) is 1. The van der Waals surface area contributed by atoms with Gasteiger partial charge in [0.1, 0.15) is 18.2 Å². The van der Waals surface area contributed by atoms with E-state index in [1.165, 1.54) is 6.42 Å². The quantitative estimate of drug-likeness (QED) is 0.515. The molecule has 0 aliphatic carbocycles. The van der Waals surface area contributed by atoms with Crippen molar-refractivity contribution in [1.29, 1.82) is 5.26 Å². The average molecular weight is 514 g/mol. The number of likely N-dealkylation sites (N-methyl/N-ethyl adjacent to an activating group) is 1. The van der Waals surface area contributed by atoms with Gasteiger partial charge in [-0.05, 0) is 44.3 Å². The first kappa shape index (κ1) is 24.7. The molecule has 0 amide bonds. The van der Waals surface area contributed by atoms with Gasteiger partial charge >= 0.3 is 6.01 Å². The maximum atomic E-state index is 10.4. The van der Waals surface area contributed by atoms with Gasteiger partial charge in [0.2, 0.25) is 0 Å². The Morgan fingerprint density at radius 1 is 1.16 bits per heavy atom. The molecule has 2 atom stereocenters. The van der Waals surface area contributed by atoms with Crippen molar-refractivity contribution < 1.29 is 9.84 Å². The molecule has 0 spiro atoms. The van der Waals surface area contributed by atoms with E-state index in [1.54, 1.807) is 0 Å². The van der Waals surface area contributed by atoms with Crippen LogP contribution in [0, 0.1) is 11.3 Å². The number of ether oxygens (including phenoxy) is 1. The summed E-state index contributed by atoms with van der Waals surface area (Å²) in [6, 6.07) is 15.1. The van der Waals surface area contributed by atoms with E-state index in [2.05, 4.69) is 39.2 Å². The number of rotatable bonds is 6. The van der Waals surface area contributed by atoms with Gasteiger partial charge in [-0.2, -0.15) is 15.2 Å². The van der Waals surface area contributed by atoms with E-state index in [0.717, 1.165) is 79.1 Å². The Bertz CT molecular complexity index is 1360. The van der Waals surface area contributed by atoms with E-state index >= 15 is 0 Å². The lowest BCUT2D eigenvalue weighted by molar-refractivity contribution is 0.187. The van der Waals surface area contributed by atoms with E-state index in [-0.39, 0.29) is 11.8 Å². The van der Waals surface area contributed by atoms with Crippen molar-refractivity contribution >= 4 is 22.3 Å². The summed E-state index contributed by atoms with van der Waals surface area (Å²) in [7, 11) is 2.15. The first-order valence-corrected chi connectivity index (χ1v) is 13.6. The minimum atomic E-state index is 0.120. The summed E-state index contributed by atoms with van der Waals surface area (Å²) in [6.45, 7) is 5.48. The molecule has 2 aromatic carbocycles. The SMILES string of the molecule is CN1CCC[C@@H]1COc1nc2c(c(N3CCN[C@@H](CC#N)C3)n1)CCN(c1cc(O)cc3ccccc13)C2. The van der Waals surface area contributed by atoms with Crippen LogP contribution in [0.5, 0.6) is 11.8 Å². The van der Waals surface area contributed by atoms with Gasteiger partial charge in [-0.25, -0.2) is 0 Å². The van der Waals surface area contributed by atoms with Crippen molar-refractivity contribution in [1.82, 2.24) is 20.2 Å². The van der Waals surface area contributed by atoms with Crippen LogP contribution in [-0.4, -0.2) is 78.4 Å². The molecule has 3 aliphatic heterocycles. The molecule has 9 nitrogen and oxygen atoms in total. The van der Waals surface area contributed by atoms with E-state index < -0.39 is 0 Å². The molecule has 4 heterocycles. The largest absolute Gasteiger partial charge is 0.508 e. The zero-order chi connectivity index (χ0) is 26.1. The van der Waals surface area contributed by atoms with Gasteiger partial charge < -0.3 is 29.9 Å². The number of anilines is 2. The Morgan fingerprint density at radius 3 is 2.89 bits per heavy atom. The predicted octanol–water partition coefficient (Wildman–Crippen LogP) is 3.06. The third-order valence-corrected chi connectivity index (χ3v) is 8.16. The van der Waals surface area contributed by atoms with E-state index in [1.807, 2.05) is 30.3 Å². The number of likely N-dealkylation sites (tertiary alicyclic amines) is 1. The Hall–Kier alpha value is -3.61. The van der Waals surface area contributed by atoms with Gasteiger partial charge in [-0.15, -0.1) is 0 Å². The highest BCUT2D eigenvalue weighted by atomic mass is 16.5. The highest BCUT2D eigenvalue weighted by Crippen LogP contribution is 2.36. The van der Waals surface area contributed by atoms with Gasteiger partial charge in [-0.1, -0.05) is 24.3 Å². The Kier molecular flexibility index (Phi) is 6.92. The van der Waals surface area contributed by atoms with Crippen LogP contribution in [0.1, 0.15) is 30.5 Å². The van der Waals surface area contributed by atoms with Crippen LogP contribution in [0.3, 0.4) is 0 Å². The number of phenols is 1. The zero-order valence-corrected chi connectivity index (χ0v) is 21.9. The van der Waals surface area contributed by atoms with Crippen molar-refractivity contribution in [2.75, 3.05) is 56.2 Å². The zero-order valence-electron chi connectivity index (χ0n) is 21.9. The molecule has 0 radical (unpaired) electrons. The van der Waals surface area contributed by atoms with Gasteiger partial charge in [0.15, 0.2) is 0 Å². The van der Waals surface area contributed by atoms with Crippen LogP contribution in [0.25, 0.3) is 10.8 Å². The van der Waals surface area contributed by atoms with Crippen LogP contribution < -0.4 is 19.9 Å². The molecule has 1 aromatic heterocycles. The van der Waals surface area contributed by atoms with E-state index in [0.29, 0.717) is 31.6 Å². The van der Waals surface area contributed by atoms with Crippen molar-refractivity contribution in [2.45, 2.75) is 44.3 Å². The average Bonchev–Trinajstić information content (AvgIpc) is 3.35. The first-order valence-electron chi connectivity index (χ1n) is 13.6. The Labute approximate surface area is 223 Å². The summed E-state index contributed by atoms with van der Waals surface area (Å²) < 4.78 is 6.25. The normalized spacial score (nSPS) is 21.9. The summed E-state index contributed by atoms with van der Waals surface area (Å²) in [5, 5.41) is 25.3. The Morgan fingerprint density at radius 2 is 2.05 bits per heavy atom. The van der Waals surface area contributed by atoms with Crippen molar-refractivity contribution in [3.63, 3.8) is 0 Å². The van der Waals surface area contributed by atoms with E-state index in [4.69, 9.17) is 14.7 Å². The molecule has 198 valence electrons. The molecule has 3 aliphatic rings. The lowest BCUT2D eigenvalue weighted by atomic mass is 10.0. The standard InChI is InChI=1S/C29H35N7O2/c1-34-12-4-6-22(34)19-38-29-32-26-18-35(27-16-23(37)15-20-5-2-3-7-24(20)27)13-9-25(26)28(33-29)36-14-11-31-21(17-36)8-10-30/h2-3,5,7,15-16,21-22,31,37H,4,6,8-9,11-14,17-19H2,1H3/t21-,22+/m0/s1. The molecular weight excluding hydrogens is 478 g/mol. The van der Waals surface area contributed by atoms with Crippen LogP contribution in [0.15, 0.2) is 36.4 Å². The molecule has 2 fully saturated rings. The molecule has 0 saturated carbocycles. The third-order valence-electron chi connectivity index (χ3n) is 8.16. The number of nitriles is 1. The molecule has 2 saturated heterocycles. The topological polar surface area (TPSA) is 101 Å². The maximum Gasteiger partial charge on any atom is 0.318 e. The minimum absolute atomic E-state index is 0.120. The summed E-state index contributed by atoms with van der Waals surface area (Å²) in [4.78, 5) is 16.8. The summed E-state index contributed by atoms with van der Waals surface area (Å²) in [5.41, 5.74) is 3.14. The number of aromatic hydroxyl groups is 1. The monoisotopic (exact) mass is 513 g/mol. The van der Waals surface area contributed by atoms with Crippen molar-refractivity contribution in [3.05, 3.63) is 47.7 Å². The molecule has 9 heteroatoms. The molecule has 38 heavy (non-hydrogen) atoms. The first-order chi connectivity index (χ1) is 18.6. The number of nitrogens with zero attached hydrogens (tertiary/aromatic N) is 6. The van der Waals surface area contributed by atoms with Crippen LogP contribution >= 0.6 is 0 Å². The second-order valence-electron chi connectivity index (χ2n) is 10.7. The van der Waals surface area contributed by atoms with Crippen LogP contribution in [0.4, 0.5) is 11.5 Å². The summed E-state index contributed by atoms with van der Waals surface area (Å²) in [5.74, 6) is 1.21. The number of piperazine rings is 1. The van der Waals surface area contributed by atoms with Gasteiger partial charge in [0, 0.05) is 61.0 Å². The van der Waals surface area contributed by atoms with Gasteiger partial charge in [0.05, 0.1) is 24.7 Å². The molecule has 0 unspecified atom stereocenters. The number of hydrogen-bond acceptors (Lipinski definition) is 9. The number of phenolic OH excluding ortho intramolecular Hbond substituents is 1. The highest BCUT2D eigenvalue weighted by molar-refractivity contribution is 5.95. The predicted molar refractivity (Wildman–Crippen MR) is 148 cm³/mol.